The zero-order valence-corrected chi connectivity index (χ0v) is 7.94. The first kappa shape index (κ1) is 8.97. The Morgan fingerprint density at radius 1 is 1.36 bits per heavy atom. The molecule has 0 aliphatic carbocycles. The molecule has 0 saturated carbocycles. The van der Waals surface area contributed by atoms with Crippen LogP contribution in [0.25, 0.3) is 0 Å². The predicted molar refractivity (Wildman–Crippen MR) is 52.5 cm³/mol. The fourth-order valence-electron chi connectivity index (χ4n) is 0.844. The Balaban J connectivity index is 2.61. The van der Waals surface area contributed by atoms with Crippen molar-refractivity contribution in [2.75, 3.05) is 0 Å². The van der Waals surface area contributed by atoms with Crippen LogP contribution in [0.15, 0.2) is 30.3 Å². The number of hydrogen-bond donors (Lipinski definition) is 1. The van der Waals surface area contributed by atoms with E-state index in [0.29, 0.717) is 0 Å². The van der Waals surface area contributed by atoms with E-state index >= 15 is 0 Å². The minimum Gasteiger partial charge on any atom is -0.297 e. The van der Waals surface area contributed by atoms with E-state index in [2.05, 4.69) is 11.7 Å². The molecular formula is C8H10OS2. The van der Waals surface area contributed by atoms with Crippen LogP contribution in [-0.4, -0.2) is 0 Å². The summed E-state index contributed by atoms with van der Waals surface area (Å²) in [6.45, 7) is 2.00. The maximum atomic E-state index is 5.21. The first-order valence-electron chi connectivity index (χ1n) is 3.36. The van der Waals surface area contributed by atoms with Gasteiger partial charge >= 0.3 is 0 Å². The van der Waals surface area contributed by atoms with Crippen LogP contribution in [0.2, 0.25) is 0 Å². The summed E-state index contributed by atoms with van der Waals surface area (Å²) >= 11 is 5.00. The third kappa shape index (κ3) is 2.77. The number of rotatable bonds is 3. The molecule has 1 atom stereocenters. The highest BCUT2D eigenvalue weighted by Crippen LogP contribution is 2.23. The highest BCUT2D eigenvalue weighted by molar-refractivity contribution is 8.66. The summed E-state index contributed by atoms with van der Waals surface area (Å²) in [5.74, 6) is 0. The minimum absolute atomic E-state index is 0.110. The Morgan fingerprint density at radius 3 is 2.55 bits per heavy atom. The summed E-state index contributed by atoms with van der Waals surface area (Å²) in [5.41, 5.74) is 1.18. The molecule has 3 heteroatoms. The van der Waals surface area contributed by atoms with Crippen LogP contribution in [0.4, 0.5) is 0 Å². The van der Waals surface area contributed by atoms with Crippen LogP contribution < -0.4 is 0 Å². The van der Waals surface area contributed by atoms with Crippen molar-refractivity contribution in [2.45, 2.75) is 13.0 Å². The van der Waals surface area contributed by atoms with Gasteiger partial charge in [0.25, 0.3) is 0 Å². The van der Waals surface area contributed by atoms with Gasteiger partial charge in [-0.05, 0) is 12.5 Å². The Kier molecular flexibility index (Phi) is 3.83. The molecule has 0 bridgehead atoms. The van der Waals surface area contributed by atoms with Crippen molar-refractivity contribution in [3.63, 3.8) is 0 Å². The summed E-state index contributed by atoms with van der Waals surface area (Å²) in [5, 5.41) is 0. The van der Waals surface area contributed by atoms with E-state index in [1.165, 1.54) is 5.56 Å². The van der Waals surface area contributed by atoms with Crippen molar-refractivity contribution >= 4 is 22.7 Å². The second-order valence-corrected chi connectivity index (χ2v) is 3.01. The molecule has 0 aliphatic heterocycles. The Hall–Kier alpha value is -0.120. The summed E-state index contributed by atoms with van der Waals surface area (Å²) in [6, 6.07) is 10.1. The topological polar surface area (TPSA) is 9.23 Å². The largest absolute Gasteiger partial charge is 0.297 e. The number of thiol groups is 1. The molecule has 0 amide bonds. The molecule has 1 nitrogen and oxygen atoms in total. The van der Waals surface area contributed by atoms with E-state index < -0.39 is 0 Å². The van der Waals surface area contributed by atoms with E-state index in [9.17, 15) is 0 Å². The zero-order chi connectivity index (χ0) is 8.10. The molecule has 1 aromatic rings. The van der Waals surface area contributed by atoms with Crippen molar-refractivity contribution in [2.24, 2.45) is 0 Å². The van der Waals surface area contributed by atoms with Crippen LogP contribution >= 0.6 is 22.7 Å². The van der Waals surface area contributed by atoms with Crippen molar-refractivity contribution in [1.82, 2.24) is 0 Å². The first-order valence-corrected chi connectivity index (χ1v) is 5.16. The van der Waals surface area contributed by atoms with Crippen LogP contribution in [0.5, 0.6) is 0 Å². The number of hydrogen-bond acceptors (Lipinski definition) is 3. The first-order chi connectivity index (χ1) is 5.34. The van der Waals surface area contributed by atoms with Gasteiger partial charge in [-0.3, -0.25) is 4.18 Å². The number of benzene rings is 1. The molecule has 0 heterocycles. The molecule has 0 aliphatic rings. The maximum Gasteiger partial charge on any atom is 0.0954 e. The zero-order valence-electron chi connectivity index (χ0n) is 6.23. The van der Waals surface area contributed by atoms with Crippen molar-refractivity contribution in [1.29, 1.82) is 0 Å². The van der Waals surface area contributed by atoms with Crippen molar-refractivity contribution < 1.29 is 4.18 Å². The van der Waals surface area contributed by atoms with Gasteiger partial charge in [0, 0.05) is 0 Å². The molecule has 1 unspecified atom stereocenters. The SMILES string of the molecule is CC(OSS)c1ccccc1. The normalized spacial score (nSPS) is 12.9. The lowest BCUT2D eigenvalue weighted by Crippen LogP contribution is -1.91. The summed E-state index contributed by atoms with van der Waals surface area (Å²) in [4.78, 5) is 0. The van der Waals surface area contributed by atoms with E-state index in [1.807, 2.05) is 37.3 Å². The second kappa shape index (κ2) is 4.70. The third-order valence-corrected chi connectivity index (χ3v) is 2.09. The molecule has 0 radical (unpaired) electrons. The van der Waals surface area contributed by atoms with Gasteiger partial charge in [0.1, 0.15) is 0 Å². The lowest BCUT2D eigenvalue weighted by Gasteiger charge is -2.08. The van der Waals surface area contributed by atoms with E-state index in [4.69, 9.17) is 4.18 Å². The van der Waals surface area contributed by atoms with Gasteiger partial charge in [-0.1, -0.05) is 42.0 Å². The highest BCUT2D eigenvalue weighted by atomic mass is 33.1. The lowest BCUT2D eigenvalue weighted by molar-refractivity contribution is 0.277. The molecule has 1 aromatic carbocycles. The summed E-state index contributed by atoms with van der Waals surface area (Å²) in [7, 11) is 0. The highest BCUT2D eigenvalue weighted by Gasteiger charge is 2.02. The molecule has 0 aromatic heterocycles. The monoisotopic (exact) mass is 186 g/mol. The van der Waals surface area contributed by atoms with Gasteiger partial charge in [-0.2, -0.15) is 0 Å². The van der Waals surface area contributed by atoms with Crippen LogP contribution in [0, 0.1) is 0 Å². The van der Waals surface area contributed by atoms with Crippen molar-refractivity contribution in [3.8, 4) is 0 Å². The van der Waals surface area contributed by atoms with Gasteiger partial charge in [0.05, 0.1) is 17.2 Å². The van der Waals surface area contributed by atoms with Gasteiger partial charge in [0.2, 0.25) is 0 Å². The predicted octanol–water partition coefficient (Wildman–Crippen LogP) is 3.26. The van der Waals surface area contributed by atoms with Gasteiger partial charge in [0.15, 0.2) is 0 Å². The second-order valence-electron chi connectivity index (χ2n) is 2.22. The quantitative estimate of drug-likeness (QED) is 0.441. The molecular weight excluding hydrogens is 176 g/mol. The summed E-state index contributed by atoms with van der Waals surface area (Å²) < 4.78 is 5.21. The van der Waals surface area contributed by atoms with Crippen LogP contribution in [0.1, 0.15) is 18.6 Å². The Bertz CT molecular complexity index is 201. The molecule has 0 saturated heterocycles. The van der Waals surface area contributed by atoms with Crippen LogP contribution in [-0.2, 0) is 4.18 Å². The molecule has 0 N–H and O–H groups in total. The van der Waals surface area contributed by atoms with Crippen molar-refractivity contribution in [3.05, 3.63) is 35.9 Å². The maximum absolute atomic E-state index is 5.21. The molecule has 0 spiro atoms. The standard InChI is InChI=1S/C8H10OS2/c1-7(9-11-10)8-5-3-2-4-6-8/h2-7,10H,1H3. The lowest BCUT2D eigenvalue weighted by atomic mass is 10.1. The Morgan fingerprint density at radius 2 is 2.00 bits per heavy atom. The van der Waals surface area contributed by atoms with Gasteiger partial charge in [-0.25, -0.2) is 0 Å². The van der Waals surface area contributed by atoms with Gasteiger partial charge in [-0.15, -0.1) is 0 Å². The molecule has 60 valence electrons. The fraction of sp³-hybridized carbons (Fsp3) is 0.250. The molecule has 11 heavy (non-hydrogen) atoms. The smallest absolute Gasteiger partial charge is 0.0954 e. The third-order valence-electron chi connectivity index (χ3n) is 1.46. The molecule has 0 fully saturated rings. The average molecular weight is 186 g/mol. The van der Waals surface area contributed by atoms with Crippen LogP contribution in [0.3, 0.4) is 0 Å². The van der Waals surface area contributed by atoms with Gasteiger partial charge < -0.3 is 0 Å². The fourth-order valence-corrected chi connectivity index (χ4v) is 1.47. The minimum atomic E-state index is 0.110. The van der Waals surface area contributed by atoms with E-state index in [1.54, 1.807) is 0 Å². The summed E-state index contributed by atoms with van der Waals surface area (Å²) in [6.07, 6.45) is 0.110. The van der Waals surface area contributed by atoms with E-state index in [0.717, 1.165) is 11.1 Å². The average Bonchev–Trinajstić information content (AvgIpc) is 2.07. The van der Waals surface area contributed by atoms with E-state index in [-0.39, 0.29) is 6.10 Å². The molecule has 1 rings (SSSR count). The Labute approximate surface area is 76.2 Å².